The zero-order valence-electron chi connectivity index (χ0n) is 8.63. The van der Waals surface area contributed by atoms with Crippen molar-refractivity contribution in [3.05, 3.63) is 23.0 Å². The van der Waals surface area contributed by atoms with Crippen LogP contribution in [0.15, 0.2) is 6.07 Å². The number of carboxylic acid groups (broad SMARTS) is 1. The van der Waals surface area contributed by atoms with Crippen LogP contribution in [0.25, 0.3) is 0 Å². The van der Waals surface area contributed by atoms with Gasteiger partial charge in [-0.25, -0.2) is 13.8 Å². The van der Waals surface area contributed by atoms with E-state index in [9.17, 15) is 26.7 Å². The highest BCUT2D eigenvalue weighted by molar-refractivity contribution is 5.70. The molecule has 18 heavy (non-hydrogen) atoms. The second-order valence-electron chi connectivity index (χ2n) is 3.33. The highest BCUT2D eigenvalue weighted by Gasteiger charge is 2.37. The minimum absolute atomic E-state index is 0.559. The number of carboxylic acids is 1. The summed E-state index contributed by atoms with van der Waals surface area (Å²) in [6.45, 7) is 0. The summed E-state index contributed by atoms with van der Waals surface area (Å²) >= 11 is 0. The molecule has 0 saturated heterocycles. The number of alkyl halides is 5. The molecule has 0 saturated carbocycles. The summed E-state index contributed by atoms with van der Waals surface area (Å²) in [4.78, 5) is 13.3. The lowest BCUT2D eigenvalue weighted by molar-refractivity contribution is -0.141. The number of hydrogen-bond acceptors (Lipinski definition) is 3. The zero-order chi connectivity index (χ0) is 14.1. The third-order valence-electron chi connectivity index (χ3n) is 1.98. The number of pyridine rings is 1. The van der Waals surface area contributed by atoms with Crippen LogP contribution in [-0.2, 0) is 17.4 Å². The van der Waals surface area contributed by atoms with E-state index in [2.05, 4.69) is 4.98 Å². The minimum Gasteiger partial charge on any atom is -0.481 e. The molecule has 1 heterocycles. The van der Waals surface area contributed by atoms with Gasteiger partial charge < -0.3 is 10.8 Å². The largest absolute Gasteiger partial charge is 0.481 e. The average molecular weight is 270 g/mol. The van der Waals surface area contributed by atoms with Crippen molar-refractivity contribution in [2.75, 3.05) is 5.73 Å². The van der Waals surface area contributed by atoms with Gasteiger partial charge in [-0.1, -0.05) is 0 Å². The Balaban J connectivity index is 3.42. The Morgan fingerprint density at radius 2 is 2.00 bits per heavy atom. The molecule has 3 N–H and O–H groups in total. The van der Waals surface area contributed by atoms with Crippen LogP contribution in [0.2, 0.25) is 0 Å². The number of nitrogens with zero attached hydrogens (tertiary/aromatic N) is 1. The van der Waals surface area contributed by atoms with Crippen molar-refractivity contribution in [1.29, 1.82) is 0 Å². The minimum atomic E-state index is -5.03. The molecule has 0 unspecified atom stereocenters. The van der Waals surface area contributed by atoms with Crippen LogP contribution >= 0.6 is 0 Å². The Kier molecular flexibility index (Phi) is 3.73. The number of aromatic nitrogens is 1. The van der Waals surface area contributed by atoms with E-state index in [0.717, 1.165) is 0 Å². The van der Waals surface area contributed by atoms with Gasteiger partial charge in [-0.15, -0.1) is 0 Å². The molecule has 0 fully saturated rings. The molecule has 0 amide bonds. The van der Waals surface area contributed by atoms with Crippen molar-refractivity contribution in [3.8, 4) is 0 Å². The molecule has 1 aromatic rings. The first-order chi connectivity index (χ1) is 8.12. The molecule has 0 aliphatic carbocycles. The summed E-state index contributed by atoms with van der Waals surface area (Å²) in [6.07, 6.45) is -9.17. The smallest absolute Gasteiger partial charge is 0.435 e. The molecule has 0 spiro atoms. The van der Waals surface area contributed by atoms with Crippen LogP contribution in [-0.4, -0.2) is 16.1 Å². The molecule has 0 aromatic carbocycles. The monoisotopic (exact) mass is 270 g/mol. The summed E-state index contributed by atoms with van der Waals surface area (Å²) in [5.74, 6) is -1.49. The molecule has 0 radical (unpaired) electrons. The summed E-state index contributed by atoms with van der Waals surface area (Å²) in [6, 6.07) is 0.559. The Bertz CT molecular complexity index is 473. The Morgan fingerprint density at radius 1 is 1.44 bits per heavy atom. The number of hydrogen-bond donors (Lipinski definition) is 2. The highest BCUT2D eigenvalue weighted by atomic mass is 19.4. The number of rotatable bonds is 3. The van der Waals surface area contributed by atoms with Crippen molar-refractivity contribution < 1.29 is 31.9 Å². The predicted molar refractivity (Wildman–Crippen MR) is 49.9 cm³/mol. The number of carbonyl (C=O) groups is 1. The number of anilines is 1. The third-order valence-corrected chi connectivity index (χ3v) is 1.98. The maximum Gasteiger partial charge on any atom is 0.435 e. The van der Waals surface area contributed by atoms with Gasteiger partial charge in [0.25, 0.3) is 6.43 Å². The summed E-state index contributed by atoms with van der Waals surface area (Å²) in [5.41, 5.74) is 0.373. The molecule has 4 nitrogen and oxygen atoms in total. The van der Waals surface area contributed by atoms with E-state index in [4.69, 9.17) is 10.8 Å². The van der Waals surface area contributed by atoms with Crippen molar-refractivity contribution in [2.24, 2.45) is 0 Å². The maximum atomic E-state index is 12.5. The topological polar surface area (TPSA) is 76.2 Å². The van der Waals surface area contributed by atoms with Crippen LogP contribution in [0.3, 0.4) is 0 Å². The molecule has 0 aliphatic rings. The molecular weight excluding hydrogens is 263 g/mol. The van der Waals surface area contributed by atoms with Gasteiger partial charge in [-0.2, -0.15) is 13.2 Å². The van der Waals surface area contributed by atoms with Gasteiger partial charge >= 0.3 is 12.1 Å². The molecule has 0 bridgehead atoms. The molecule has 9 heteroatoms. The first-order valence-corrected chi connectivity index (χ1v) is 4.49. The molecule has 100 valence electrons. The number of aliphatic carboxylic acids is 1. The van der Waals surface area contributed by atoms with Crippen molar-refractivity contribution in [1.82, 2.24) is 4.98 Å². The molecular formula is C9H7F5N2O2. The van der Waals surface area contributed by atoms with E-state index in [1.54, 1.807) is 0 Å². The first-order valence-electron chi connectivity index (χ1n) is 4.49. The van der Waals surface area contributed by atoms with Gasteiger partial charge in [0.05, 0.1) is 17.8 Å². The lowest BCUT2D eigenvalue weighted by Gasteiger charge is -2.14. The van der Waals surface area contributed by atoms with Crippen LogP contribution in [0.1, 0.15) is 23.4 Å². The zero-order valence-corrected chi connectivity index (χ0v) is 8.63. The molecule has 1 aromatic heterocycles. The number of halogens is 5. The summed E-state index contributed by atoms with van der Waals surface area (Å²) in [5, 5.41) is 8.42. The SMILES string of the molecule is Nc1c(C(F)F)cc(CC(=O)O)nc1C(F)(F)F. The Morgan fingerprint density at radius 3 is 2.39 bits per heavy atom. The second kappa shape index (κ2) is 4.75. The van der Waals surface area contributed by atoms with E-state index in [-0.39, 0.29) is 0 Å². The Hall–Kier alpha value is -1.93. The number of nitrogens with two attached hydrogens (primary N) is 1. The van der Waals surface area contributed by atoms with E-state index in [1.165, 1.54) is 0 Å². The molecule has 1 rings (SSSR count). The van der Waals surface area contributed by atoms with Crippen LogP contribution < -0.4 is 5.73 Å². The predicted octanol–water partition coefficient (Wildman–Crippen LogP) is 2.25. The third kappa shape index (κ3) is 3.05. The van der Waals surface area contributed by atoms with Gasteiger partial charge in [0.2, 0.25) is 0 Å². The fourth-order valence-electron chi connectivity index (χ4n) is 1.27. The normalized spacial score (nSPS) is 11.9. The van der Waals surface area contributed by atoms with Crippen LogP contribution in [0.4, 0.5) is 27.6 Å². The average Bonchev–Trinajstić information content (AvgIpc) is 2.17. The first kappa shape index (κ1) is 14.1. The number of nitrogen functional groups attached to an aromatic ring is 1. The van der Waals surface area contributed by atoms with E-state index in [1.807, 2.05) is 0 Å². The van der Waals surface area contributed by atoms with Gasteiger partial charge in [-0.05, 0) is 6.07 Å². The van der Waals surface area contributed by atoms with Gasteiger partial charge in [0.1, 0.15) is 0 Å². The fourth-order valence-corrected chi connectivity index (χ4v) is 1.27. The van der Waals surface area contributed by atoms with Gasteiger partial charge in [0.15, 0.2) is 5.69 Å². The maximum absolute atomic E-state index is 12.5. The molecule has 0 aliphatic heterocycles. The fraction of sp³-hybridized carbons (Fsp3) is 0.333. The standard InChI is InChI=1S/C9H7F5N2O2/c10-8(11)4-1-3(2-5(17)18)16-7(6(4)15)9(12,13)14/h1,8H,2,15H2,(H,17,18). The van der Waals surface area contributed by atoms with E-state index in [0.29, 0.717) is 6.07 Å². The highest BCUT2D eigenvalue weighted by Crippen LogP contribution is 2.37. The van der Waals surface area contributed by atoms with Gasteiger partial charge in [0, 0.05) is 5.56 Å². The second-order valence-corrected chi connectivity index (χ2v) is 3.33. The molecule has 0 atom stereocenters. The van der Waals surface area contributed by atoms with Crippen molar-refractivity contribution in [2.45, 2.75) is 19.0 Å². The van der Waals surface area contributed by atoms with Crippen molar-refractivity contribution >= 4 is 11.7 Å². The van der Waals surface area contributed by atoms with E-state index >= 15 is 0 Å². The van der Waals surface area contributed by atoms with Crippen LogP contribution in [0.5, 0.6) is 0 Å². The van der Waals surface area contributed by atoms with Crippen molar-refractivity contribution in [3.63, 3.8) is 0 Å². The quantitative estimate of drug-likeness (QED) is 0.826. The summed E-state index contributed by atoms with van der Waals surface area (Å²) in [7, 11) is 0. The Labute approximate surface area is 97.2 Å². The van der Waals surface area contributed by atoms with Gasteiger partial charge in [-0.3, -0.25) is 4.79 Å². The lowest BCUT2D eigenvalue weighted by atomic mass is 10.1. The van der Waals surface area contributed by atoms with Crippen LogP contribution in [0, 0.1) is 0 Å². The lowest BCUT2D eigenvalue weighted by Crippen LogP contribution is -2.16. The van der Waals surface area contributed by atoms with E-state index < -0.39 is 47.6 Å². The summed E-state index contributed by atoms with van der Waals surface area (Å²) < 4.78 is 62.4.